The Bertz CT molecular complexity index is 571. The molecule has 1 aromatic heterocycles. The molecule has 0 aliphatic heterocycles. The number of aromatic nitrogens is 4. The third-order valence-corrected chi connectivity index (χ3v) is 3.40. The summed E-state index contributed by atoms with van der Waals surface area (Å²) in [5.41, 5.74) is 0.795. The second-order valence-electron chi connectivity index (χ2n) is 4.05. The van der Waals surface area contributed by atoms with E-state index < -0.39 is 0 Å². The number of hydrogen-bond acceptors (Lipinski definition) is 4. The average Bonchev–Trinajstić information content (AvgIpc) is 2.92. The van der Waals surface area contributed by atoms with Crippen molar-refractivity contribution in [1.82, 2.24) is 25.5 Å². The van der Waals surface area contributed by atoms with Crippen molar-refractivity contribution in [1.29, 1.82) is 0 Å². The topological polar surface area (TPSA) is 72.7 Å². The molecule has 1 amide bonds. The summed E-state index contributed by atoms with van der Waals surface area (Å²) < 4.78 is 1.57. The molecular formula is C12H13BrClN5O. The van der Waals surface area contributed by atoms with Crippen molar-refractivity contribution < 1.29 is 4.79 Å². The first-order valence-corrected chi connectivity index (χ1v) is 7.56. The van der Waals surface area contributed by atoms with Gasteiger partial charge in [0.15, 0.2) is 5.82 Å². The first-order valence-electron chi connectivity index (χ1n) is 6.06. The van der Waals surface area contributed by atoms with Crippen LogP contribution in [0.4, 0.5) is 0 Å². The number of carbonyl (C=O) groups is 1. The van der Waals surface area contributed by atoms with Crippen LogP contribution in [0.2, 0.25) is 5.02 Å². The fourth-order valence-electron chi connectivity index (χ4n) is 1.59. The number of alkyl halides is 1. The van der Waals surface area contributed by atoms with Crippen molar-refractivity contribution in [2.75, 3.05) is 5.33 Å². The van der Waals surface area contributed by atoms with Gasteiger partial charge < -0.3 is 5.32 Å². The Hall–Kier alpha value is -1.47. The third-order valence-electron chi connectivity index (χ3n) is 2.59. The Labute approximate surface area is 129 Å². The quantitative estimate of drug-likeness (QED) is 0.803. The molecule has 0 radical (unpaired) electrons. The molecular weight excluding hydrogens is 346 g/mol. The SMILES string of the molecule is O=C(CCCBr)NCc1nnnn1-c1ccc(Cl)cc1. The number of nitrogens with one attached hydrogen (secondary N) is 1. The van der Waals surface area contributed by atoms with Crippen molar-refractivity contribution in [3.63, 3.8) is 0 Å². The molecule has 0 unspecified atom stereocenters. The fraction of sp³-hybridized carbons (Fsp3) is 0.333. The van der Waals surface area contributed by atoms with E-state index in [1.54, 1.807) is 16.8 Å². The van der Waals surface area contributed by atoms with E-state index in [1.165, 1.54) is 0 Å². The van der Waals surface area contributed by atoms with Crippen LogP contribution in [-0.2, 0) is 11.3 Å². The molecule has 0 spiro atoms. The highest BCUT2D eigenvalue weighted by molar-refractivity contribution is 9.09. The molecule has 2 rings (SSSR count). The maximum atomic E-state index is 11.6. The molecule has 0 fully saturated rings. The van der Waals surface area contributed by atoms with Crippen molar-refractivity contribution >= 4 is 33.4 Å². The molecule has 0 aliphatic rings. The highest BCUT2D eigenvalue weighted by Crippen LogP contribution is 2.13. The van der Waals surface area contributed by atoms with Crippen LogP contribution in [0.5, 0.6) is 0 Å². The summed E-state index contributed by atoms with van der Waals surface area (Å²) in [5.74, 6) is 0.551. The lowest BCUT2D eigenvalue weighted by Gasteiger charge is -2.06. The molecule has 0 saturated carbocycles. The minimum absolute atomic E-state index is 0.0184. The summed E-state index contributed by atoms with van der Waals surface area (Å²) in [6.07, 6.45) is 1.28. The number of hydrogen-bond donors (Lipinski definition) is 1. The Morgan fingerprint density at radius 3 is 2.80 bits per heavy atom. The summed E-state index contributed by atoms with van der Waals surface area (Å²) >= 11 is 9.13. The van der Waals surface area contributed by atoms with Gasteiger partial charge in [-0.2, -0.15) is 4.68 Å². The Kier molecular flexibility index (Phi) is 5.49. The van der Waals surface area contributed by atoms with Gasteiger partial charge in [0.05, 0.1) is 12.2 Å². The number of nitrogens with zero attached hydrogens (tertiary/aromatic N) is 4. The van der Waals surface area contributed by atoms with Crippen LogP contribution in [0.3, 0.4) is 0 Å². The molecule has 8 heteroatoms. The molecule has 6 nitrogen and oxygen atoms in total. The Morgan fingerprint density at radius 2 is 2.10 bits per heavy atom. The second kappa shape index (κ2) is 7.35. The highest BCUT2D eigenvalue weighted by atomic mass is 79.9. The fourth-order valence-corrected chi connectivity index (χ4v) is 2.00. The first-order chi connectivity index (χ1) is 9.70. The van der Waals surface area contributed by atoms with Crippen LogP contribution in [0.1, 0.15) is 18.7 Å². The van der Waals surface area contributed by atoms with Crippen LogP contribution in [0.15, 0.2) is 24.3 Å². The Morgan fingerprint density at radius 1 is 1.35 bits per heavy atom. The van der Waals surface area contributed by atoms with Gasteiger partial charge in [-0.05, 0) is 41.1 Å². The molecule has 0 bridgehead atoms. The van der Waals surface area contributed by atoms with Crippen LogP contribution >= 0.6 is 27.5 Å². The zero-order valence-electron chi connectivity index (χ0n) is 10.6. The lowest BCUT2D eigenvalue weighted by molar-refractivity contribution is -0.121. The van der Waals surface area contributed by atoms with E-state index in [4.69, 9.17) is 11.6 Å². The van der Waals surface area contributed by atoms with Gasteiger partial charge in [-0.1, -0.05) is 27.5 Å². The molecule has 20 heavy (non-hydrogen) atoms. The molecule has 2 aromatic rings. The summed E-state index contributed by atoms with van der Waals surface area (Å²) in [6.45, 7) is 0.288. The van der Waals surface area contributed by atoms with Gasteiger partial charge in [0.2, 0.25) is 5.91 Å². The Balaban J connectivity index is 2.02. The second-order valence-corrected chi connectivity index (χ2v) is 5.28. The van der Waals surface area contributed by atoms with E-state index in [1.807, 2.05) is 12.1 Å². The zero-order valence-corrected chi connectivity index (χ0v) is 12.9. The largest absolute Gasteiger partial charge is 0.349 e. The molecule has 1 N–H and O–H groups in total. The van der Waals surface area contributed by atoms with Crippen LogP contribution in [0, 0.1) is 0 Å². The number of carbonyl (C=O) groups excluding carboxylic acids is 1. The lowest BCUT2D eigenvalue weighted by atomic mass is 10.3. The standard InChI is InChI=1S/C12H13BrClN5O/c13-7-1-2-12(20)15-8-11-16-17-18-19(11)10-5-3-9(14)4-6-10/h3-6H,1-2,7-8H2,(H,15,20). The number of amides is 1. The summed E-state index contributed by atoms with van der Waals surface area (Å²) in [6, 6.07) is 7.15. The van der Waals surface area contributed by atoms with Crippen LogP contribution < -0.4 is 5.32 Å². The smallest absolute Gasteiger partial charge is 0.220 e. The molecule has 0 atom stereocenters. The third kappa shape index (κ3) is 4.01. The molecule has 1 heterocycles. The number of halogens is 2. The van der Waals surface area contributed by atoms with Gasteiger partial charge in [-0.3, -0.25) is 4.79 Å². The van der Waals surface area contributed by atoms with Crippen LogP contribution in [0.25, 0.3) is 5.69 Å². The molecule has 106 valence electrons. The van der Waals surface area contributed by atoms with Gasteiger partial charge in [0.1, 0.15) is 0 Å². The minimum atomic E-state index is -0.0184. The predicted molar refractivity (Wildman–Crippen MR) is 79.0 cm³/mol. The van der Waals surface area contributed by atoms with Crippen molar-refractivity contribution in [2.45, 2.75) is 19.4 Å². The highest BCUT2D eigenvalue weighted by Gasteiger charge is 2.09. The number of benzene rings is 1. The van der Waals surface area contributed by atoms with E-state index in [0.29, 0.717) is 17.3 Å². The van der Waals surface area contributed by atoms with Gasteiger partial charge in [0.25, 0.3) is 0 Å². The maximum absolute atomic E-state index is 11.6. The zero-order chi connectivity index (χ0) is 14.4. The molecule has 0 aliphatic carbocycles. The van der Waals surface area contributed by atoms with Gasteiger partial charge in [0, 0.05) is 16.8 Å². The van der Waals surface area contributed by atoms with E-state index in [9.17, 15) is 4.79 Å². The van der Waals surface area contributed by atoms with Crippen LogP contribution in [-0.4, -0.2) is 31.4 Å². The lowest BCUT2D eigenvalue weighted by Crippen LogP contribution is -2.24. The summed E-state index contributed by atoms with van der Waals surface area (Å²) in [5, 5.41) is 15.7. The van der Waals surface area contributed by atoms with E-state index in [-0.39, 0.29) is 12.5 Å². The molecule has 1 aromatic carbocycles. The van der Waals surface area contributed by atoms with Gasteiger partial charge in [-0.15, -0.1) is 5.10 Å². The van der Waals surface area contributed by atoms with Crippen molar-refractivity contribution in [3.05, 3.63) is 35.1 Å². The maximum Gasteiger partial charge on any atom is 0.220 e. The average molecular weight is 359 g/mol. The van der Waals surface area contributed by atoms with Crippen molar-refractivity contribution in [2.24, 2.45) is 0 Å². The normalized spacial score (nSPS) is 10.5. The first kappa shape index (κ1) is 14.9. The van der Waals surface area contributed by atoms with E-state index >= 15 is 0 Å². The van der Waals surface area contributed by atoms with Crippen molar-refractivity contribution in [3.8, 4) is 5.69 Å². The van der Waals surface area contributed by atoms with E-state index in [0.717, 1.165) is 17.4 Å². The number of rotatable bonds is 6. The number of tetrazole rings is 1. The van der Waals surface area contributed by atoms with Gasteiger partial charge in [-0.25, -0.2) is 0 Å². The predicted octanol–water partition coefficient (Wildman–Crippen LogP) is 2.11. The minimum Gasteiger partial charge on any atom is -0.349 e. The monoisotopic (exact) mass is 357 g/mol. The van der Waals surface area contributed by atoms with Gasteiger partial charge >= 0.3 is 0 Å². The van der Waals surface area contributed by atoms with E-state index in [2.05, 4.69) is 36.8 Å². The molecule has 0 saturated heterocycles. The summed E-state index contributed by atoms with van der Waals surface area (Å²) in [7, 11) is 0. The summed E-state index contributed by atoms with van der Waals surface area (Å²) in [4.78, 5) is 11.6.